The van der Waals surface area contributed by atoms with Crippen LogP contribution in [-0.2, 0) is 9.59 Å². The lowest BCUT2D eigenvalue weighted by Crippen LogP contribution is -2.42. The molecule has 4 rings (SSSR count). The lowest BCUT2D eigenvalue weighted by atomic mass is 9.91. The molecule has 6 nitrogen and oxygen atoms in total. The van der Waals surface area contributed by atoms with Crippen molar-refractivity contribution in [2.24, 2.45) is 11.8 Å². The number of rotatable bonds is 5. The maximum Gasteiger partial charge on any atom is 0.282 e. The first-order valence-electron chi connectivity index (χ1n) is 11.0. The van der Waals surface area contributed by atoms with Gasteiger partial charge in [-0.1, -0.05) is 32.0 Å². The van der Waals surface area contributed by atoms with E-state index in [2.05, 4.69) is 18.7 Å². The Bertz CT molecular complexity index is 1080. The highest BCUT2D eigenvalue weighted by Crippen LogP contribution is 2.39. The molecule has 0 N–H and O–H groups in total. The van der Waals surface area contributed by atoms with Gasteiger partial charge in [0.15, 0.2) is 11.5 Å². The highest BCUT2D eigenvalue weighted by Gasteiger charge is 2.43. The van der Waals surface area contributed by atoms with E-state index in [1.54, 1.807) is 32.4 Å². The number of imide groups is 1. The number of anilines is 1. The quantitative estimate of drug-likeness (QED) is 0.658. The highest BCUT2D eigenvalue weighted by atomic mass is 16.5. The Morgan fingerprint density at radius 1 is 0.875 bits per heavy atom. The molecule has 1 fully saturated rings. The van der Waals surface area contributed by atoms with Gasteiger partial charge in [-0.25, -0.2) is 4.90 Å². The fourth-order valence-corrected chi connectivity index (χ4v) is 4.91. The van der Waals surface area contributed by atoms with E-state index in [-0.39, 0.29) is 11.8 Å². The molecule has 2 aromatic rings. The van der Waals surface area contributed by atoms with Crippen LogP contribution in [0.25, 0.3) is 5.57 Å². The molecule has 0 bridgehead atoms. The van der Waals surface area contributed by atoms with Gasteiger partial charge >= 0.3 is 0 Å². The number of hydrogen-bond acceptors (Lipinski definition) is 5. The summed E-state index contributed by atoms with van der Waals surface area (Å²) in [7, 11) is 3.13. The van der Waals surface area contributed by atoms with Crippen molar-refractivity contribution >= 4 is 23.1 Å². The van der Waals surface area contributed by atoms with E-state index in [9.17, 15) is 9.59 Å². The third kappa shape index (κ3) is 3.85. The van der Waals surface area contributed by atoms with Crippen molar-refractivity contribution in [3.05, 3.63) is 59.3 Å². The van der Waals surface area contributed by atoms with Gasteiger partial charge in [-0.05, 0) is 60.6 Å². The van der Waals surface area contributed by atoms with Crippen molar-refractivity contribution in [3.63, 3.8) is 0 Å². The van der Waals surface area contributed by atoms with Crippen LogP contribution in [-0.4, -0.2) is 44.0 Å². The average Bonchev–Trinajstić information content (AvgIpc) is 3.02. The number of aryl methyl sites for hydroxylation is 1. The van der Waals surface area contributed by atoms with Gasteiger partial charge in [-0.15, -0.1) is 0 Å². The number of piperidine rings is 1. The van der Waals surface area contributed by atoms with E-state index in [1.807, 2.05) is 31.2 Å². The molecule has 32 heavy (non-hydrogen) atoms. The molecule has 1 saturated heterocycles. The van der Waals surface area contributed by atoms with Crippen LogP contribution in [0.5, 0.6) is 11.5 Å². The Hall–Kier alpha value is -3.28. The lowest BCUT2D eigenvalue weighted by molar-refractivity contribution is -0.120. The molecule has 2 aromatic carbocycles. The van der Waals surface area contributed by atoms with Crippen LogP contribution in [0.1, 0.15) is 31.4 Å². The molecule has 168 valence electrons. The third-order valence-corrected chi connectivity index (χ3v) is 6.18. The Balaban J connectivity index is 1.87. The summed E-state index contributed by atoms with van der Waals surface area (Å²) in [5.74, 6) is 1.39. The molecule has 2 heterocycles. The molecule has 2 aliphatic rings. The Kier molecular flexibility index (Phi) is 5.96. The number of hydrogen-bond donors (Lipinski definition) is 0. The number of methoxy groups -OCH3 is 2. The van der Waals surface area contributed by atoms with Crippen LogP contribution in [0.15, 0.2) is 48.2 Å². The Morgan fingerprint density at radius 2 is 1.56 bits per heavy atom. The van der Waals surface area contributed by atoms with Gasteiger partial charge < -0.3 is 14.4 Å². The van der Waals surface area contributed by atoms with Gasteiger partial charge in [-0.3, -0.25) is 9.59 Å². The van der Waals surface area contributed by atoms with Crippen LogP contribution in [0.3, 0.4) is 0 Å². The van der Waals surface area contributed by atoms with Crippen molar-refractivity contribution in [1.82, 2.24) is 4.90 Å². The topological polar surface area (TPSA) is 59.1 Å². The molecule has 0 aliphatic carbocycles. The summed E-state index contributed by atoms with van der Waals surface area (Å²) in [5, 5.41) is 0. The highest BCUT2D eigenvalue weighted by molar-refractivity contribution is 6.45. The van der Waals surface area contributed by atoms with Gasteiger partial charge in [-0.2, -0.15) is 0 Å². The van der Waals surface area contributed by atoms with Gasteiger partial charge in [0.05, 0.1) is 25.5 Å². The number of likely N-dealkylation sites (tertiary alicyclic amines) is 1. The summed E-state index contributed by atoms with van der Waals surface area (Å²) in [6.07, 6.45) is 1.11. The van der Waals surface area contributed by atoms with Crippen molar-refractivity contribution in [1.29, 1.82) is 0 Å². The van der Waals surface area contributed by atoms with Gasteiger partial charge in [0.1, 0.15) is 5.70 Å². The second-order valence-corrected chi connectivity index (χ2v) is 8.93. The van der Waals surface area contributed by atoms with Crippen molar-refractivity contribution < 1.29 is 19.1 Å². The molecule has 2 unspecified atom stereocenters. The van der Waals surface area contributed by atoms with E-state index in [0.717, 1.165) is 25.1 Å². The summed E-state index contributed by atoms with van der Waals surface area (Å²) < 4.78 is 10.8. The number of nitrogens with zero attached hydrogens (tertiary/aromatic N) is 2. The van der Waals surface area contributed by atoms with E-state index >= 15 is 0 Å². The standard InChI is InChI=1S/C26H30N2O4/c1-16-7-6-8-20(12-16)28-25(29)23(19-9-10-21(31-4)22(13-19)32-5)24(26(28)30)27-14-17(2)11-18(3)15-27/h6-10,12-13,17-18H,11,14-15H2,1-5H3. The minimum absolute atomic E-state index is 0.272. The molecule has 0 aromatic heterocycles. The number of amides is 2. The number of benzene rings is 2. The summed E-state index contributed by atoms with van der Waals surface area (Å²) in [6.45, 7) is 7.83. The van der Waals surface area contributed by atoms with Gasteiger partial charge in [0.2, 0.25) is 0 Å². The fourth-order valence-electron chi connectivity index (χ4n) is 4.91. The van der Waals surface area contributed by atoms with E-state index in [0.29, 0.717) is 45.9 Å². The second-order valence-electron chi connectivity index (χ2n) is 8.93. The molecule has 2 atom stereocenters. The first-order chi connectivity index (χ1) is 15.3. The SMILES string of the molecule is COc1ccc(C2=C(N3CC(C)CC(C)C3)C(=O)N(c3cccc(C)c3)C2=O)cc1OC. The molecule has 0 spiro atoms. The fraction of sp³-hybridized carbons (Fsp3) is 0.385. The molecule has 6 heteroatoms. The maximum absolute atomic E-state index is 13.8. The van der Waals surface area contributed by atoms with E-state index < -0.39 is 0 Å². The average molecular weight is 435 g/mol. The van der Waals surface area contributed by atoms with E-state index in [1.165, 1.54) is 4.90 Å². The van der Waals surface area contributed by atoms with Crippen molar-refractivity contribution in [2.45, 2.75) is 27.2 Å². The zero-order valence-electron chi connectivity index (χ0n) is 19.3. The van der Waals surface area contributed by atoms with Gasteiger partial charge in [0.25, 0.3) is 11.8 Å². The summed E-state index contributed by atoms with van der Waals surface area (Å²) in [4.78, 5) is 30.9. The monoisotopic (exact) mass is 434 g/mol. The number of ether oxygens (including phenoxy) is 2. The zero-order chi connectivity index (χ0) is 23.0. The molecule has 2 aliphatic heterocycles. The van der Waals surface area contributed by atoms with Crippen LogP contribution >= 0.6 is 0 Å². The minimum atomic E-state index is -0.311. The summed E-state index contributed by atoms with van der Waals surface area (Å²) in [5.41, 5.74) is 3.12. The zero-order valence-corrected chi connectivity index (χ0v) is 19.3. The number of carbonyl (C=O) groups excluding carboxylic acids is 2. The van der Waals surface area contributed by atoms with E-state index in [4.69, 9.17) is 9.47 Å². The van der Waals surface area contributed by atoms with Crippen LogP contribution in [0.2, 0.25) is 0 Å². The molecule has 0 radical (unpaired) electrons. The molecule has 0 saturated carbocycles. The van der Waals surface area contributed by atoms with Crippen molar-refractivity contribution in [3.8, 4) is 11.5 Å². The van der Waals surface area contributed by atoms with Crippen LogP contribution in [0, 0.1) is 18.8 Å². The summed E-state index contributed by atoms with van der Waals surface area (Å²) >= 11 is 0. The Labute approximate surface area is 189 Å². The molecular formula is C26H30N2O4. The number of carbonyl (C=O) groups is 2. The molecular weight excluding hydrogens is 404 g/mol. The first kappa shape index (κ1) is 21.9. The largest absolute Gasteiger partial charge is 0.493 e. The minimum Gasteiger partial charge on any atom is -0.493 e. The van der Waals surface area contributed by atoms with Crippen LogP contribution < -0.4 is 14.4 Å². The molecule has 2 amide bonds. The van der Waals surface area contributed by atoms with Crippen LogP contribution in [0.4, 0.5) is 5.69 Å². The predicted octanol–water partition coefficient (Wildman–Crippen LogP) is 4.27. The van der Waals surface area contributed by atoms with Crippen molar-refractivity contribution in [2.75, 3.05) is 32.2 Å². The smallest absolute Gasteiger partial charge is 0.282 e. The summed E-state index contributed by atoms with van der Waals surface area (Å²) in [6, 6.07) is 12.9. The normalized spacial score (nSPS) is 21.4. The lowest BCUT2D eigenvalue weighted by Gasteiger charge is -2.37. The first-order valence-corrected chi connectivity index (χ1v) is 11.0. The second kappa shape index (κ2) is 8.69. The predicted molar refractivity (Wildman–Crippen MR) is 125 cm³/mol. The van der Waals surface area contributed by atoms with Gasteiger partial charge in [0, 0.05) is 13.1 Å². The Morgan fingerprint density at radius 3 is 2.19 bits per heavy atom. The maximum atomic E-state index is 13.8. The third-order valence-electron chi connectivity index (χ3n) is 6.18.